The number of ether oxygens (including phenoxy) is 1. The number of benzene rings is 1. The summed E-state index contributed by atoms with van der Waals surface area (Å²) in [6, 6.07) is 8.62. The van der Waals surface area contributed by atoms with Crippen LogP contribution in [-0.4, -0.2) is 24.4 Å². The van der Waals surface area contributed by atoms with Gasteiger partial charge in [0.05, 0.1) is 17.6 Å². The summed E-state index contributed by atoms with van der Waals surface area (Å²) in [6.07, 6.45) is 2.08. The van der Waals surface area contributed by atoms with E-state index >= 15 is 0 Å². The van der Waals surface area contributed by atoms with Crippen molar-refractivity contribution in [2.75, 3.05) is 13.7 Å². The summed E-state index contributed by atoms with van der Waals surface area (Å²) in [5.41, 5.74) is 2.47. The molecule has 0 saturated carbocycles. The van der Waals surface area contributed by atoms with Gasteiger partial charge in [0.1, 0.15) is 11.6 Å². The Balaban J connectivity index is 2.06. The number of rotatable bonds is 2. The minimum Gasteiger partial charge on any atom is -0.497 e. The van der Waals surface area contributed by atoms with E-state index < -0.39 is 0 Å². The van der Waals surface area contributed by atoms with E-state index in [9.17, 15) is 0 Å². The van der Waals surface area contributed by atoms with Gasteiger partial charge >= 0.3 is 0 Å². The van der Waals surface area contributed by atoms with Crippen LogP contribution in [0.15, 0.2) is 50.0 Å². The first-order chi connectivity index (χ1) is 10.5. The van der Waals surface area contributed by atoms with Crippen molar-refractivity contribution >= 4 is 37.7 Å². The molecule has 0 radical (unpaired) electrons. The number of aliphatic imine (C=N–C) groups is 1. The largest absolute Gasteiger partial charge is 0.497 e. The SMILES string of the molecule is COc1ccc(C2C(C)CN=C3C(Br)=CC(Br)=C(C)N32)cc1. The van der Waals surface area contributed by atoms with Gasteiger partial charge in [-0.1, -0.05) is 19.1 Å². The molecule has 0 amide bonds. The number of hydrogen-bond acceptors (Lipinski definition) is 3. The first-order valence-corrected chi connectivity index (χ1v) is 8.83. The second-order valence-corrected chi connectivity index (χ2v) is 7.36. The lowest BCUT2D eigenvalue weighted by molar-refractivity contribution is 0.269. The van der Waals surface area contributed by atoms with E-state index in [0.29, 0.717) is 5.92 Å². The smallest absolute Gasteiger partial charge is 0.142 e. The standard InChI is InChI=1S/C17H18Br2N2O/c1-10-9-20-17-15(19)8-14(18)11(2)21(17)16(10)12-4-6-13(22-3)7-5-12/h4-8,10,16H,9H2,1-3H3. The number of hydrogen-bond donors (Lipinski definition) is 0. The predicted molar refractivity (Wildman–Crippen MR) is 97.7 cm³/mol. The van der Waals surface area contributed by atoms with Crippen LogP contribution in [0.3, 0.4) is 0 Å². The molecule has 2 unspecified atom stereocenters. The van der Waals surface area contributed by atoms with Crippen LogP contribution in [0.2, 0.25) is 0 Å². The van der Waals surface area contributed by atoms with Crippen molar-refractivity contribution in [1.29, 1.82) is 0 Å². The summed E-state index contributed by atoms with van der Waals surface area (Å²) in [6.45, 7) is 5.21. The van der Waals surface area contributed by atoms with Crippen molar-refractivity contribution in [2.24, 2.45) is 10.9 Å². The maximum Gasteiger partial charge on any atom is 0.142 e. The zero-order valence-corrected chi connectivity index (χ0v) is 16.0. The Morgan fingerprint density at radius 1 is 1.23 bits per heavy atom. The Labute approximate surface area is 148 Å². The lowest BCUT2D eigenvalue weighted by atomic mass is 9.90. The molecule has 0 spiro atoms. The molecule has 3 nitrogen and oxygen atoms in total. The Kier molecular flexibility index (Phi) is 4.46. The Hall–Kier alpha value is -1.07. The van der Waals surface area contributed by atoms with E-state index in [1.165, 1.54) is 11.3 Å². The molecule has 1 aromatic rings. The number of fused-ring (bicyclic) bond motifs is 1. The average molecular weight is 426 g/mol. The van der Waals surface area contributed by atoms with Crippen molar-refractivity contribution in [3.05, 3.63) is 50.6 Å². The van der Waals surface area contributed by atoms with Crippen LogP contribution < -0.4 is 4.74 Å². The molecule has 2 atom stereocenters. The maximum atomic E-state index is 5.27. The van der Waals surface area contributed by atoms with Gasteiger partial charge in [0.25, 0.3) is 0 Å². The van der Waals surface area contributed by atoms with Crippen molar-refractivity contribution in [1.82, 2.24) is 4.90 Å². The van der Waals surface area contributed by atoms with Crippen LogP contribution in [0.25, 0.3) is 0 Å². The summed E-state index contributed by atoms with van der Waals surface area (Å²) in [4.78, 5) is 7.08. The first kappa shape index (κ1) is 15.8. The average Bonchev–Trinajstić information content (AvgIpc) is 2.52. The Morgan fingerprint density at radius 2 is 1.91 bits per heavy atom. The van der Waals surface area contributed by atoms with Crippen LogP contribution in [0.4, 0.5) is 0 Å². The van der Waals surface area contributed by atoms with Crippen LogP contribution in [0.1, 0.15) is 25.5 Å². The molecule has 0 aromatic heterocycles. The molecule has 116 valence electrons. The topological polar surface area (TPSA) is 24.8 Å². The maximum absolute atomic E-state index is 5.27. The second kappa shape index (κ2) is 6.20. The summed E-state index contributed by atoms with van der Waals surface area (Å²) in [5, 5.41) is 0. The monoisotopic (exact) mass is 424 g/mol. The number of allylic oxidation sites excluding steroid dienone is 3. The molecule has 0 N–H and O–H groups in total. The quantitative estimate of drug-likeness (QED) is 0.665. The second-order valence-electron chi connectivity index (χ2n) is 5.66. The highest BCUT2D eigenvalue weighted by molar-refractivity contribution is 9.12. The van der Waals surface area contributed by atoms with Gasteiger partial charge in [0, 0.05) is 22.6 Å². The molecular weight excluding hydrogens is 408 g/mol. The molecule has 1 aromatic carbocycles. The molecule has 22 heavy (non-hydrogen) atoms. The molecule has 2 aliphatic rings. The van der Waals surface area contributed by atoms with Crippen LogP contribution >= 0.6 is 31.9 Å². The highest BCUT2D eigenvalue weighted by Crippen LogP contribution is 2.42. The van der Waals surface area contributed by atoms with Gasteiger partial charge in [-0.15, -0.1) is 0 Å². The first-order valence-electron chi connectivity index (χ1n) is 7.24. The summed E-state index contributed by atoms with van der Waals surface area (Å²) < 4.78 is 7.39. The van der Waals surface area contributed by atoms with Gasteiger partial charge in [0.15, 0.2) is 0 Å². The van der Waals surface area contributed by atoms with Gasteiger partial charge in [-0.25, -0.2) is 0 Å². The van der Waals surface area contributed by atoms with Crippen LogP contribution in [0.5, 0.6) is 5.75 Å². The van der Waals surface area contributed by atoms with Gasteiger partial charge in [0.2, 0.25) is 0 Å². The highest BCUT2D eigenvalue weighted by atomic mass is 79.9. The molecule has 0 bridgehead atoms. The van der Waals surface area contributed by atoms with Gasteiger partial charge < -0.3 is 9.64 Å². The number of methoxy groups -OCH3 is 1. The molecule has 5 heteroatoms. The van der Waals surface area contributed by atoms with E-state index in [0.717, 1.165) is 27.1 Å². The zero-order valence-electron chi connectivity index (χ0n) is 12.8. The van der Waals surface area contributed by atoms with Crippen molar-refractivity contribution in [2.45, 2.75) is 19.9 Å². The van der Waals surface area contributed by atoms with E-state index in [4.69, 9.17) is 9.73 Å². The molecule has 2 heterocycles. The van der Waals surface area contributed by atoms with Crippen molar-refractivity contribution in [3.8, 4) is 5.75 Å². The van der Waals surface area contributed by atoms with Gasteiger partial charge in [-0.3, -0.25) is 4.99 Å². The third-order valence-electron chi connectivity index (χ3n) is 4.21. The lowest BCUT2D eigenvalue weighted by Gasteiger charge is -2.43. The van der Waals surface area contributed by atoms with E-state index in [2.05, 4.69) is 68.8 Å². The van der Waals surface area contributed by atoms with E-state index in [1.54, 1.807) is 7.11 Å². The Bertz CT molecular complexity index is 676. The lowest BCUT2D eigenvalue weighted by Crippen LogP contribution is -2.43. The molecule has 0 aliphatic carbocycles. The predicted octanol–water partition coefficient (Wildman–Crippen LogP) is 5.01. The minimum atomic E-state index is 0.271. The normalized spacial score (nSPS) is 24.7. The zero-order chi connectivity index (χ0) is 15.9. The highest BCUT2D eigenvalue weighted by Gasteiger charge is 2.36. The summed E-state index contributed by atoms with van der Waals surface area (Å²) in [5.74, 6) is 2.33. The van der Waals surface area contributed by atoms with E-state index in [-0.39, 0.29) is 6.04 Å². The molecular formula is C17H18Br2N2O. The van der Waals surface area contributed by atoms with Crippen LogP contribution in [-0.2, 0) is 0 Å². The molecule has 3 rings (SSSR count). The summed E-state index contributed by atoms with van der Waals surface area (Å²) in [7, 11) is 1.69. The van der Waals surface area contributed by atoms with Crippen molar-refractivity contribution < 1.29 is 4.74 Å². The summed E-state index contributed by atoms with van der Waals surface area (Å²) >= 11 is 7.30. The fraction of sp³-hybridized carbons (Fsp3) is 0.353. The fourth-order valence-corrected chi connectivity index (χ4v) is 4.30. The molecule has 0 saturated heterocycles. The third kappa shape index (κ3) is 2.65. The number of halogens is 2. The Morgan fingerprint density at radius 3 is 2.55 bits per heavy atom. The van der Waals surface area contributed by atoms with Gasteiger partial charge in [-0.05, 0) is 62.6 Å². The van der Waals surface area contributed by atoms with Crippen LogP contribution in [0, 0.1) is 5.92 Å². The van der Waals surface area contributed by atoms with Crippen molar-refractivity contribution in [3.63, 3.8) is 0 Å². The molecule has 2 aliphatic heterocycles. The third-order valence-corrected chi connectivity index (χ3v) is 5.59. The minimum absolute atomic E-state index is 0.271. The molecule has 0 fully saturated rings. The van der Waals surface area contributed by atoms with E-state index in [1.807, 2.05) is 12.1 Å². The number of amidine groups is 1. The fourth-order valence-electron chi connectivity index (χ4n) is 3.02. The number of nitrogens with zero attached hydrogens (tertiary/aromatic N) is 2. The van der Waals surface area contributed by atoms with Gasteiger partial charge in [-0.2, -0.15) is 0 Å².